The normalized spacial score (nSPS) is 10.3. The topological polar surface area (TPSA) is 52.0 Å². The van der Waals surface area contributed by atoms with Crippen molar-refractivity contribution in [2.45, 2.75) is 13.5 Å². The van der Waals surface area contributed by atoms with Crippen LogP contribution in [0.1, 0.15) is 15.9 Å². The maximum Gasteiger partial charge on any atom is 0.348 e. The number of carbonyl (C=O) groups excluding carboxylic acids is 1. The van der Waals surface area contributed by atoms with E-state index in [0.717, 1.165) is 5.56 Å². The molecule has 2 rings (SSSR count). The second-order valence-electron chi connectivity index (χ2n) is 3.92. The Balaban J connectivity index is 2.30. The number of hydrogen-bond acceptors (Lipinski definition) is 3. The van der Waals surface area contributed by atoms with Gasteiger partial charge in [0.25, 0.3) is 0 Å². The smallest absolute Gasteiger partial charge is 0.292 e. The number of rotatable bonds is 3. The van der Waals surface area contributed by atoms with E-state index in [9.17, 15) is 9.59 Å². The molecule has 92 valence electrons. The van der Waals surface area contributed by atoms with Gasteiger partial charge in [-0.25, -0.2) is 9.78 Å². The molecule has 0 spiro atoms. The van der Waals surface area contributed by atoms with Crippen molar-refractivity contribution in [1.82, 2.24) is 9.55 Å². The van der Waals surface area contributed by atoms with Crippen molar-refractivity contribution in [3.05, 3.63) is 63.3 Å². The molecule has 0 bridgehead atoms. The monoisotopic (exact) mass is 262 g/mol. The first kappa shape index (κ1) is 12.5. The van der Waals surface area contributed by atoms with Crippen LogP contribution in [-0.2, 0) is 6.54 Å². The predicted molar refractivity (Wildman–Crippen MR) is 69.0 cm³/mol. The predicted octanol–water partition coefficient (Wildman–Crippen LogP) is 2.09. The number of aromatic nitrogens is 2. The molecule has 5 heteroatoms. The summed E-state index contributed by atoms with van der Waals surface area (Å²) in [4.78, 5) is 27.1. The molecule has 0 saturated heterocycles. The number of aryl methyl sites for hydroxylation is 1. The highest BCUT2D eigenvalue weighted by atomic mass is 35.5. The van der Waals surface area contributed by atoms with Crippen molar-refractivity contribution < 1.29 is 4.79 Å². The van der Waals surface area contributed by atoms with E-state index < -0.39 is 5.69 Å². The second kappa shape index (κ2) is 5.14. The summed E-state index contributed by atoms with van der Waals surface area (Å²) in [7, 11) is 0. The summed E-state index contributed by atoms with van der Waals surface area (Å²) >= 11 is 5.74. The fourth-order valence-corrected chi connectivity index (χ4v) is 1.83. The van der Waals surface area contributed by atoms with Gasteiger partial charge >= 0.3 is 5.69 Å². The van der Waals surface area contributed by atoms with Crippen molar-refractivity contribution in [3.8, 4) is 0 Å². The minimum Gasteiger partial charge on any atom is -0.292 e. The average Bonchev–Trinajstić information content (AvgIpc) is 2.34. The van der Waals surface area contributed by atoms with Gasteiger partial charge in [-0.05, 0) is 12.5 Å². The number of carbonyl (C=O) groups is 1. The molecule has 0 aliphatic carbocycles. The number of ketones is 1. The fraction of sp³-hybridized carbons (Fsp3) is 0.154. The van der Waals surface area contributed by atoms with Crippen molar-refractivity contribution in [1.29, 1.82) is 0 Å². The van der Waals surface area contributed by atoms with Gasteiger partial charge in [0.05, 0.1) is 17.8 Å². The molecule has 1 aromatic carbocycles. The largest absolute Gasteiger partial charge is 0.348 e. The number of halogens is 1. The Morgan fingerprint density at radius 1 is 1.39 bits per heavy atom. The summed E-state index contributed by atoms with van der Waals surface area (Å²) < 4.78 is 1.21. The molecule has 0 N–H and O–H groups in total. The summed E-state index contributed by atoms with van der Waals surface area (Å²) in [6.45, 7) is 1.80. The minimum atomic E-state index is -0.485. The van der Waals surface area contributed by atoms with Gasteiger partial charge in [0.15, 0.2) is 5.78 Å². The van der Waals surface area contributed by atoms with E-state index in [2.05, 4.69) is 4.98 Å². The van der Waals surface area contributed by atoms with E-state index in [1.807, 2.05) is 19.1 Å². The zero-order chi connectivity index (χ0) is 13.1. The van der Waals surface area contributed by atoms with Gasteiger partial charge < -0.3 is 0 Å². The average molecular weight is 263 g/mol. The van der Waals surface area contributed by atoms with Crippen molar-refractivity contribution in [2.75, 3.05) is 0 Å². The Hall–Kier alpha value is -1.94. The van der Waals surface area contributed by atoms with Crippen LogP contribution in [0, 0.1) is 6.92 Å². The van der Waals surface area contributed by atoms with Gasteiger partial charge in [0.2, 0.25) is 0 Å². The first-order valence-electron chi connectivity index (χ1n) is 5.39. The molecule has 0 unspecified atom stereocenters. The first-order chi connectivity index (χ1) is 8.58. The van der Waals surface area contributed by atoms with Crippen LogP contribution in [0.4, 0.5) is 0 Å². The van der Waals surface area contributed by atoms with Gasteiger partial charge in [-0.3, -0.25) is 9.36 Å². The summed E-state index contributed by atoms with van der Waals surface area (Å²) in [5, 5.41) is 0.326. The lowest BCUT2D eigenvalue weighted by molar-refractivity contribution is 0.0969. The second-order valence-corrected chi connectivity index (χ2v) is 4.36. The Labute approximate surface area is 109 Å². The Morgan fingerprint density at radius 3 is 2.83 bits per heavy atom. The molecule has 0 saturated carbocycles. The van der Waals surface area contributed by atoms with Gasteiger partial charge in [0, 0.05) is 11.8 Å². The van der Waals surface area contributed by atoms with Gasteiger partial charge in [0.1, 0.15) is 0 Å². The summed E-state index contributed by atoms with van der Waals surface area (Å²) in [6.07, 6.45) is 2.67. The lowest BCUT2D eigenvalue weighted by Crippen LogP contribution is -2.26. The molecule has 0 aliphatic heterocycles. The third-order valence-electron chi connectivity index (χ3n) is 2.58. The number of hydrogen-bond donors (Lipinski definition) is 0. The minimum absolute atomic E-state index is 0.0583. The van der Waals surface area contributed by atoms with Crippen molar-refractivity contribution >= 4 is 17.4 Å². The number of nitrogens with zero attached hydrogens (tertiary/aromatic N) is 2. The number of Topliss-reactive ketones (excluding diaryl/α,β-unsaturated/α-hetero) is 1. The molecule has 0 atom stereocenters. The molecule has 1 heterocycles. The van der Waals surface area contributed by atoms with Gasteiger partial charge in [-0.15, -0.1) is 0 Å². The Bertz CT molecular complexity index is 649. The maximum atomic E-state index is 12.1. The third-order valence-corrected chi connectivity index (χ3v) is 2.78. The van der Waals surface area contributed by atoms with E-state index in [1.165, 1.54) is 17.0 Å². The first-order valence-corrected chi connectivity index (χ1v) is 5.76. The quantitative estimate of drug-likeness (QED) is 0.796. The zero-order valence-corrected chi connectivity index (χ0v) is 10.5. The fourth-order valence-electron chi connectivity index (χ4n) is 1.67. The van der Waals surface area contributed by atoms with E-state index in [0.29, 0.717) is 10.6 Å². The molecule has 0 aliphatic rings. The van der Waals surface area contributed by atoms with E-state index >= 15 is 0 Å². The summed E-state index contributed by atoms with van der Waals surface area (Å²) in [5.74, 6) is -0.140. The zero-order valence-electron chi connectivity index (χ0n) is 9.76. The molecule has 0 amide bonds. The summed E-state index contributed by atoms with van der Waals surface area (Å²) in [5.41, 5.74) is 0.997. The number of benzene rings is 1. The molecular formula is C13H11ClN2O2. The van der Waals surface area contributed by atoms with Crippen LogP contribution in [0.3, 0.4) is 0 Å². The Kier molecular flexibility index (Phi) is 3.58. The van der Waals surface area contributed by atoms with Crippen LogP contribution in [0.2, 0.25) is 5.02 Å². The molecule has 4 nitrogen and oxygen atoms in total. The van der Waals surface area contributed by atoms with E-state index in [4.69, 9.17) is 11.6 Å². The van der Waals surface area contributed by atoms with Crippen LogP contribution in [0.5, 0.6) is 0 Å². The standard InChI is InChI=1S/C13H11ClN2O2/c1-9-4-2-3-5-11(9)12(17)8-16-7-10(14)6-15-13(16)18/h2-7H,8H2,1H3. The van der Waals surface area contributed by atoms with Gasteiger partial charge in [-0.2, -0.15) is 0 Å². The molecule has 0 fully saturated rings. The van der Waals surface area contributed by atoms with Crippen molar-refractivity contribution in [2.24, 2.45) is 0 Å². The van der Waals surface area contributed by atoms with E-state index in [-0.39, 0.29) is 12.3 Å². The lowest BCUT2D eigenvalue weighted by Gasteiger charge is -2.06. The molecule has 2 aromatic rings. The van der Waals surface area contributed by atoms with Crippen LogP contribution in [0.15, 0.2) is 41.5 Å². The van der Waals surface area contributed by atoms with E-state index in [1.54, 1.807) is 12.1 Å². The van der Waals surface area contributed by atoms with Crippen LogP contribution in [0.25, 0.3) is 0 Å². The van der Waals surface area contributed by atoms with Crippen molar-refractivity contribution in [3.63, 3.8) is 0 Å². The highest BCUT2D eigenvalue weighted by molar-refractivity contribution is 6.30. The Morgan fingerprint density at radius 2 is 2.11 bits per heavy atom. The lowest BCUT2D eigenvalue weighted by atomic mass is 10.1. The highest BCUT2D eigenvalue weighted by Crippen LogP contribution is 2.09. The highest BCUT2D eigenvalue weighted by Gasteiger charge is 2.10. The maximum absolute atomic E-state index is 12.1. The molecule has 18 heavy (non-hydrogen) atoms. The molecular weight excluding hydrogens is 252 g/mol. The van der Waals surface area contributed by atoms with Gasteiger partial charge in [-0.1, -0.05) is 35.9 Å². The van der Waals surface area contributed by atoms with Crippen LogP contribution < -0.4 is 5.69 Å². The SMILES string of the molecule is Cc1ccccc1C(=O)Cn1cc(Cl)cnc1=O. The molecule has 1 aromatic heterocycles. The van der Waals surface area contributed by atoms with Crippen LogP contribution >= 0.6 is 11.6 Å². The third kappa shape index (κ3) is 2.65. The molecule has 0 radical (unpaired) electrons. The summed E-state index contributed by atoms with van der Waals surface area (Å²) in [6, 6.07) is 7.24. The van der Waals surface area contributed by atoms with Crippen LogP contribution in [-0.4, -0.2) is 15.3 Å².